The van der Waals surface area contributed by atoms with Gasteiger partial charge in [0.1, 0.15) is 6.61 Å². The van der Waals surface area contributed by atoms with E-state index < -0.39 is 0 Å². The first-order chi connectivity index (χ1) is 7.92. The van der Waals surface area contributed by atoms with Crippen LogP contribution < -0.4 is 10.5 Å². The van der Waals surface area contributed by atoms with Crippen LogP contribution in [0.4, 0.5) is 0 Å². The third-order valence-corrected chi connectivity index (χ3v) is 2.34. The van der Waals surface area contributed by atoms with E-state index in [9.17, 15) is 0 Å². The van der Waals surface area contributed by atoms with Gasteiger partial charge in [0.15, 0.2) is 0 Å². The zero-order valence-electron chi connectivity index (χ0n) is 10.5. The average Bonchev–Trinajstić information content (AvgIpc) is 2.25. The van der Waals surface area contributed by atoms with E-state index in [4.69, 9.17) is 26.8 Å². The van der Waals surface area contributed by atoms with Gasteiger partial charge in [-0.25, -0.2) is 4.98 Å². The molecule has 0 bridgehead atoms. The summed E-state index contributed by atoms with van der Waals surface area (Å²) in [5.41, 5.74) is 6.21. The van der Waals surface area contributed by atoms with Gasteiger partial charge in [0.05, 0.1) is 17.2 Å². The van der Waals surface area contributed by atoms with Crippen molar-refractivity contribution in [2.24, 2.45) is 5.73 Å². The molecule has 1 aromatic rings. The Bertz CT molecular complexity index is 364. The molecular weight excluding hydrogens is 240 g/mol. The minimum absolute atomic E-state index is 0.154. The lowest BCUT2D eigenvalue weighted by Crippen LogP contribution is -2.22. The highest BCUT2D eigenvalue weighted by atomic mass is 35.5. The third kappa shape index (κ3) is 5.35. The molecule has 1 rings (SSSR count). The minimum atomic E-state index is -0.154. The first-order valence-electron chi connectivity index (χ1n) is 5.53. The molecule has 0 unspecified atom stereocenters. The van der Waals surface area contributed by atoms with Crippen LogP contribution >= 0.6 is 11.6 Å². The predicted octanol–water partition coefficient (Wildman–Crippen LogP) is 2.39. The number of halogens is 1. The number of aromatic nitrogens is 1. The fourth-order valence-electron chi connectivity index (χ4n) is 1.19. The molecule has 0 amide bonds. The first-order valence-corrected chi connectivity index (χ1v) is 5.91. The van der Waals surface area contributed by atoms with Crippen LogP contribution in [0, 0.1) is 0 Å². The molecule has 0 saturated heterocycles. The Morgan fingerprint density at radius 3 is 2.65 bits per heavy atom. The largest absolute Gasteiger partial charge is 0.475 e. The number of nitrogens with zero attached hydrogens (tertiary/aromatic N) is 1. The van der Waals surface area contributed by atoms with Crippen LogP contribution in [0.15, 0.2) is 12.3 Å². The van der Waals surface area contributed by atoms with Gasteiger partial charge < -0.3 is 15.2 Å². The summed E-state index contributed by atoms with van der Waals surface area (Å²) < 4.78 is 11.0. The van der Waals surface area contributed by atoms with Crippen LogP contribution in [0.25, 0.3) is 0 Å². The summed E-state index contributed by atoms with van der Waals surface area (Å²) in [5.74, 6) is 0.521. The Morgan fingerprint density at radius 1 is 1.35 bits per heavy atom. The SMILES string of the molecule is CC(C)(C)OCCOc1cc(CN)c(Cl)cn1. The van der Waals surface area contributed by atoms with E-state index in [1.54, 1.807) is 12.3 Å². The number of ether oxygens (including phenoxy) is 2. The van der Waals surface area contributed by atoms with E-state index in [1.807, 2.05) is 20.8 Å². The van der Waals surface area contributed by atoms with Crippen molar-refractivity contribution in [1.82, 2.24) is 4.98 Å². The molecule has 0 saturated carbocycles. The standard InChI is InChI=1S/C12H19ClN2O2/c1-12(2,3)17-5-4-16-11-6-9(7-14)10(13)8-15-11/h6,8H,4-5,7,14H2,1-3H3. The quantitative estimate of drug-likeness (QED) is 0.824. The van der Waals surface area contributed by atoms with E-state index in [2.05, 4.69) is 4.98 Å². The number of nitrogens with two attached hydrogens (primary N) is 1. The van der Waals surface area contributed by atoms with Crippen molar-refractivity contribution >= 4 is 11.6 Å². The molecule has 0 aliphatic rings. The van der Waals surface area contributed by atoms with E-state index in [1.165, 1.54) is 0 Å². The van der Waals surface area contributed by atoms with Crippen molar-refractivity contribution in [1.29, 1.82) is 0 Å². The summed E-state index contributed by atoms with van der Waals surface area (Å²) in [6.45, 7) is 7.35. The van der Waals surface area contributed by atoms with Crippen LogP contribution in [0.2, 0.25) is 5.02 Å². The maximum atomic E-state index is 5.89. The second-order valence-electron chi connectivity index (χ2n) is 4.63. The lowest BCUT2D eigenvalue weighted by Gasteiger charge is -2.19. The number of hydrogen-bond donors (Lipinski definition) is 1. The molecule has 0 fully saturated rings. The van der Waals surface area contributed by atoms with Crippen LogP contribution in [0.5, 0.6) is 5.88 Å². The average molecular weight is 259 g/mol. The van der Waals surface area contributed by atoms with E-state index in [0.717, 1.165) is 5.56 Å². The second kappa shape index (κ2) is 6.19. The summed E-state index contributed by atoms with van der Waals surface area (Å²) >= 11 is 5.89. The van der Waals surface area contributed by atoms with Gasteiger partial charge in [-0.15, -0.1) is 0 Å². The smallest absolute Gasteiger partial charge is 0.213 e. The Hall–Kier alpha value is -0.840. The summed E-state index contributed by atoms with van der Waals surface area (Å²) in [5, 5.41) is 0.561. The molecule has 0 spiro atoms. The molecule has 2 N–H and O–H groups in total. The maximum absolute atomic E-state index is 5.89. The first kappa shape index (κ1) is 14.2. The molecule has 0 aliphatic heterocycles. The normalized spacial score (nSPS) is 11.6. The zero-order chi connectivity index (χ0) is 12.9. The number of pyridine rings is 1. The highest BCUT2D eigenvalue weighted by Crippen LogP contribution is 2.18. The van der Waals surface area contributed by atoms with Gasteiger partial charge in [-0.2, -0.15) is 0 Å². The topological polar surface area (TPSA) is 57.4 Å². The van der Waals surface area contributed by atoms with Crippen molar-refractivity contribution in [3.05, 3.63) is 22.8 Å². The molecule has 0 aliphatic carbocycles. The van der Waals surface area contributed by atoms with Crippen LogP contribution in [0.3, 0.4) is 0 Å². The molecular formula is C12H19ClN2O2. The molecule has 17 heavy (non-hydrogen) atoms. The van der Waals surface area contributed by atoms with E-state index >= 15 is 0 Å². The highest BCUT2D eigenvalue weighted by molar-refractivity contribution is 6.31. The van der Waals surface area contributed by atoms with Crippen molar-refractivity contribution in [2.45, 2.75) is 32.9 Å². The molecule has 0 radical (unpaired) electrons. The maximum Gasteiger partial charge on any atom is 0.213 e. The summed E-state index contributed by atoms with van der Waals surface area (Å²) in [4.78, 5) is 4.06. The zero-order valence-corrected chi connectivity index (χ0v) is 11.3. The highest BCUT2D eigenvalue weighted by Gasteiger charge is 2.09. The van der Waals surface area contributed by atoms with Crippen LogP contribution in [-0.4, -0.2) is 23.8 Å². The Balaban J connectivity index is 2.42. The van der Waals surface area contributed by atoms with Gasteiger partial charge in [-0.05, 0) is 26.3 Å². The lowest BCUT2D eigenvalue weighted by molar-refractivity contribution is -0.0168. The predicted molar refractivity (Wildman–Crippen MR) is 68.3 cm³/mol. The van der Waals surface area contributed by atoms with Gasteiger partial charge in [0.2, 0.25) is 5.88 Å². The van der Waals surface area contributed by atoms with Gasteiger partial charge in [0, 0.05) is 18.8 Å². The van der Waals surface area contributed by atoms with Crippen LogP contribution in [-0.2, 0) is 11.3 Å². The van der Waals surface area contributed by atoms with E-state index in [-0.39, 0.29) is 5.60 Å². The number of rotatable bonds is 5. The summed E-state index contributed by atoms with van der Waals surface area (Å²) in [6.07, 6.45) is 1.55. The van der Waals surface area contributed by atoms with Crippen LogP contribution in [0.1, 0.15) is 26.3 Å². The van der Waals surface area contributed by atoms with Gasteiger partial charge >= 0.3 is 0 Å². The summed E-state index contributed by atoms with van der Waals surface area (Å²) in [7, 11) is 0. The Kier molecular flexibility index (Phi) is 5.18. The third-order valence-electron chi connectivity index (χ3n) is 2.00. The van der Waals surface area contributed by atoms with Gasteiger partial charge in [-0.3, -0.25) is 0 Å². The summed E-state index contributed by atoms with van der Waals surface area (Å²) in [6, 6.07) is 1.75. The molecule has 96 valence electrons. The van der Waals surface area contributed by atoms with Crippen molar-refractivity contribution < 1.29 is 9.47 Å². The molecule has 4 nitrogen and oxygen atoms in total. The van der Waals surface area contributed by atoms with Crippen molar-refractivity contribution in [2.75, 3.05) is 13.2 Å². The fraction of sp³-hybridized carbons (Fsp3) is 0.583. The van der Waals surface area contributed by atoms with Gasteiger partial charge in [-0.1, -0.05) is 11.6 Å². The molecule has 0 atom stereocenters. The van der Waals surface area contributed by atoms with Gasteiger partial charge in [0.25, 0.3) is 0 Å². The Labute approximate surface area is 107 Å². The Morgan fingerprint density at radius 2 is 2.06 bits per heavy atom. The number of hydrogen-bond acceptors (Lipinski definition) is 4. The molecule has 1 heterocycles. The monoisotopic (exact) mass is 258 g/mol. The molecule has 1 aromatic heterocycles. The molecule has 0 aromatic carbocycles. The van der Waals surface area contributed by atoms with E-state index in [0.29, 0.717) is 30.7 Å². The minimum Gasteiger partial charge on any atom is -0.475 e. The second-order valence-corrected chi connectivity index (χ2v) is 5.03. The lowest BCUT2D eigenvalue weighted by atomic mass is 10.2. The fourth-order valence-corrected chi connectivity index (χ4v) is 1.37. The molecule has 5 heteroatoms. The van der Waals surface area contributed by atoms with Crippen molar-refractivity contribution in [3.63, 3.8) is 0 Å². The van der Waals surface area contributed by atoms with Crippen molar-refractivity contribution in [3.8, 4) is 5.88 Å².